The SMILES string of the molecule is CC(=O)O[C@H]1[C@@H]2OCC[C@@]1(OCc1ccccc1)[C@@H](COCc1ccccc1)O2. The summed E-state index contributed by atoms with van der Waals surface area (Å²) in [6.07, 6.45) is -1.10. The number of benzene rings is 2. The molecule has 0 saturated carbocycles. The molecule has 4 rings (SSSR count). The Balaban J connectivity index is 1.49. The van der Waals surface area contributed by atoms with Crippen molar-refractivity contribution >= 4 is 5.97 Å². The maximum atomic E-state index is 11.7. The minimum Gasteiger partial charge on any atom is -0.454 e. The Kier molecular flexibility index (Phi) is 6.25. The largest absolute Gasteiger partial charge is 0.454 e. The first kappa shape index (κ1) is 20.0. The van der Waals surface area contributed by atoms with Gasteiger partial charge in [0, 0.05) is 13.3 Å². The number of rotatable bonds is 8. The van der Waals surface area contributed by atoms with Crippen LogP contribution in [0.25, 0.3) is 0 Å². The molecule has 2 fully saturated rings. The van der Waals surface area contributed by atoms with Crippen molar-refractivity contribution in [2.75, 3.05) is 13.2 Å². The van der Waals surface area contributed by atoms with E-state index in [-0.39, 0.29) is 5.97 Å². The zero-order valence-corrected chi connectivity index (χ0v) is 16.5. The number of carbonyl (C=O) groups is 1. The Hall–Kier alpha value is -2.25. The Morgan fingerprint density at radius 3 is 2.34 bits per heavy atom. The molecule has 2 heterocycles. The van der Waals surface area contributed by atoms with Crippen LogP contribution in [0.5, 0.6) is 0 Å². The number of hydrogen-bond acceptors (Lipinski definition) is 6. The molecule has 2 bridgehead atoms. The molecule has 29 heavy (non-hydrogen) atoms. The highest BCUT2D eigenvalue weighted by atomic mass is 16.7. The third kappa shape index (κ3) is 4.51. The molecule has 0 aliphatic carbocycles. The van der Waals surface area contributed by atoms with Crippen molar-refractivity contribution in [1.82, 2.24) is 0 Å². The highest BCUT2D eigenvalue weighted by Gasteiger charge is 2.62. The number of hydrogen-bond donors (Lipinski definition) is 0. The summed E-state index contributed by atoms with van der Waals surface area (Å²) < 4.78 is 29.7. The predicted octanol–water partition coefficient (Wildman–Crippen LogP) is 3.24. The molecule has 0 unspecified atom stereocenters. The van der Waals surface area contributed by atoms with Crippen molar-refractivity contribution in [2.24, 2.45) is 0 Å². The lowest BCUT2D eigenvalue weighted by molar-refractivity contribution is -0.219. The maximum Gasteiger partial charge on any atom is 0.303 e. The van der Waals surface area contributed by atoms with Gasteiger partial charge >= 0.3 is 5.97 Å². The van der Waals surface area contributed by atoms with Crippen LogP contribution in [0.4, 0.5) is 0 Å². The normalized spacial score (nSPS) is 28.2. The monoisotopic (exact) mass is 398 g/mol. The van der Waals surface area contributed by atoms with Crippen molar-refractivity contribution in [3.63, 3.8) is 0 Å². The molecule has 2 aromatic carbocycles. The fourth-order valence-electron chi connectivity index (χ4n) is 3.94. The van der Waals surface area contributed by atoms with E-state index in [0.717, 1.165) is 11.1 Å². The van der Waals surface area contributed by atoms with Gasteiger partial charge in [0.2, 0.25) is 0 Å². The van der Waals surface area contributed by atoms with Gasteiger partial charge in [0.05, 0.1) is 26.4 Å². The number of esters is 1. The van der Waals surface area contributed by atoms with Gasteiger partial charge in [-0.2, -0.15) is 0 Å². The average molecular weight is 398 g/mol. The third-order valence-corrected chi connectivity index (χ3v) is 5.37. The molecule has 2 saturated heterocycles. The zero-order valence-electron chi connectivity index (χ0n) is 16.5. The second kappa shape index (κ2) is 9.05. The van der Waals surface area contributed by atoms with Gasteiger partial charge < -0.3 is 23.7 Å². The molecule has 2 aliphatic rings. The quantitative estimate of drug-likeness (QED) is 0.636. The number of carbonyl (C=O) groups excluding carboxylic acids is 1. The summed E-state index contributed by atoms with van der Waals surface area (Å²) in [7, 11) is 0. The lowest BCUT2D eigenvalue weighted by Gasteiger charge is -2.40. The molecule has 6 nitrogen and oxygen atoms in total. The standard InChI is InChI=1S/C23H26O6/c1-17(24)28-21-22-26-13-12-23(21,27-15-19-10-6-3-7-11-19)20(29-22)16-25-14-18-8-4-2-5-9-18/h2-11,20-22H,12-16H2,1H3/t20-,21+,22-,23-/m1/s1. The molecular weight excluding hydrogens is 372 g/mol. The fraction of sp³-hybridized carbons (Fsp3) is 0.435. The van der Waals surface area contributed by atoms with Gasteiger partial charge in [-0.3, -0.25) is 4.79 Å². The fourth-order valence-corrected chi connectivity index (χ4v) is 3.94. The van der Waals surface area contributed by atoms with Gasteiger partial charge in [-0.15, -0.1) is 0 Å². The molecule has 0 amide bonds. The summed E-state index contributed by atoms with van der Waals surface area (Å²) in [6.45, 7) is 3.05. The van der Waals surface area contributed by atoms with Crippen LogP contribution >= 0.6 is 0 Å². The number of ether oxygens (including phenoxy) is 5. The smallest absolute Gasteiger partial charge is 0.303 e. The molecule has 4 atom stereocenters. The Labute approximate surface area is 170 Å². The summed E-state index contributed by atoms with van der Waals surface area (Å²) in [5.74, 6) is -0.382. The van der Waals surface area contributed by atoms with Gasteiger partial charge in [-0.05, 0) is 11.1 Å². The van der Waals surface area contributed by atoms with Gasteiger partial charge in [0.25, 0.3) is 0 Å². The first-order valence-corrected chi connectivity index (χ1v) is 9.91. The summed E-state index contributed by atoms with van der Waals surface area (Å²) in [5, 5.41) is 0. The van der Waals surface area contributed by atoms with Crippen LogP contribution in [0, 0.1) is 0 Å². The van der Waals surface area contributed by atoms with Crippen LogP contribution in [0.1, 0.15) is 24.5 Å². The molecule has 0 aromatic heterocycles. The molecule has 154 valence electrons. The highest BCUT2D eigenvalue weighted by molar-refractivity contribution is 5.66. The average Bonchev–Trinajstić information content (AvgIpc) is 2.89. The molecule has 0 spiro atoms. The minimum atomic E-state index is -0.804. The summed E-state index contributed by atoms with van der Waals surface area (Å²) >= 11 is 0. The zero-order chi connectivity index (χ0) is 20.1. The second-order valence-corrected chi connectivity index (χ2v) is 7.37. The molecule has 2 aliphatic heterocycles. The van der Waals surface area contributed by atoms with E-state index in [0.29, 0.717) is 32.8 Å². The van der Waals surface area contributed by atoms with Crippen LogP contribution in [0.3, 0.4) is 0 Å². The van der Waals surface area contributed by atoms with Gasteiger partial charge in [-0.25, -0.2) is 0 Å². The summed E-state index contributed by atoms with van der Waals surface area (Å²) in [5.41, 5.74) is 1.32. The van der Waals surface area contributed by atoms with Crippen molar-refractivity contribution in [3.05, 3.63) is 71.8 Å². The minimum absolute atomic E-state index is 0.321. The van der Waals surface area contributed by atoms with E-state index in [1.54, 1.807) is 0 Å². The van der Waals surface area contributed by atoms with Crippen molar-refractivity contribution in [3.8, 4) is 0 Å². The Morgan fingerprint density at radius 2 is 1.69 bits per heavy atom. The van der Waals surface area contributed by atoms with Crippen LogP contribution in [0.15, 0.2) is 60.7 Å². The predicted molar refractivity (Wildman–Crippen MR) is 105 cm³/mol. The third-order valence-electron chi connectivity index (χ3n) is 5.37. The van der Waals surface area contributed by atoms with E-state index < -0.39 is 24.1 Å². The van der Waals surface area contributed by atoms with Gasteiger partial charge in [-0.1, -0.05) is 60.7 Å². The van der Waals surface area contributed by atoms with E-state index in [1.807, 2.05) is 60.7 Å². The first-order chi connectivity index (χ1) is 14.2. The Morgan fingerprint density at radius 1 is 1.03 bits per heavy atom. The molecule has 0 N–H and O–H groups in total. The van der Waals surface area contributed by atoms with E-state index in [2.05, 4.69) is 0 Å². The van der Waals surface area contributed by atoms with Gasteiger partial charge in [0.15, 0.2) is 12.4 Å². The molecule has 0 radical (unpaired) electrons. The van der Waals surface area contributed by atoms with Crippen LogP contribution in [0.2, 0.25) is 0 Å². The maximum absolute atomic E-state index is 11.7. The van der Waals surface area contributed by atoms with Crippen molar-refractivity contribution < 1.29 is 28.5 Å². The van der Waals surface area contributed by atoms with Crippen molar-refractivity contribution in [2.45, 2.75) is 50.7 Å². The second-order valence-electron chi connectivity index (χ2n) is 7.37. The molecule has 6 heteroatoms. The van der Waals surface area contributed by atoms with Crippen LogP contribution < -0.4 is 0 Å². The van der Waals surface area contributed by atoms with Gasteiger partial charge in [0.1, 0.15) is 11.7 Å². The lowest BCUT2D eigenvalue weighted by Crippen LogP contribution is -2.56. The lowest BCUT2D eigenvalue weighted by atomic mass is 9.87. The van der Waals surface area contributed by atoms with E-state index in [1.165, 1.54) is 6.92 Å². The summed E-state index contributed by atoms with van der Waals surface area (Å²) in [4.78, 5) is 11.7. The van der Waals surface area contributed by atoms with E-state index in [9.17, 15) is 4.79 Å². The number of fused-ring (bicyclic) bond motifs is 2. The first-order valence-electron chi connectivity index (χ1n) is 9.91. The van der Waals surface area contributed by atoms with Crippen molar-refractivity contribution in [1.29, 1.82) is 0 Å². The highest BCUT2D eigenvalue weighted by Crippen LogP contribution is 2.44. The molecular formula is C23H26O6. The van der Waals surface area contributed by atoms with E-state index in [4.69, 9.17) is 23.7 Å². The molecule has 2 aromatic rings. The van der Waals surface area contributed by atoms with Crippen LogP contribution in [-0.2, 0) is 41.7 Å². The van der Waals surface area contributed by atoms with Crippen LogP contribution in [-0.4, -0.2) is 43.3 Å². The van der Waals surface area contributed by atoms with E-state index >= 15 is 0 Å². The Bertz CT molecular complexity index is 796. The topological polar surface area (TPSA) is 63.2 Å². The summed E-state index contributed by atoms with van der Waals surface area (Å²) in [6, 6.07) is 19.9.